The summed E-state index contributed by atoms with van der Waals surface area (Å²) >= 11 is 0. The van der Waals surface area contributed by atoms with Gasteiger partial charge in [0.1, 0.15) is 6.61 Å². The van der Waals surface area contributed by atoms with Gasteiger partial charge in [-0.05, 0) is 25.3 Å². The van der Waals surface area contributed by atoms with Crippen molar-refractivity contribution >= 4 is 23.9 Å². The lowest BCUT2D eigenvalue weighted by molar-refractivity contribution is -0.148. The first-order chi connectivity index (χ1) is 16.0. The summed E-state index contributed by atoms with van der Waals surface area (Å²) in [6.45, 7) is 1.91. The highest BCUT2D eigenvalue weighted by molar-refractivity contribution is 5.95. The van der Waals surface area contributed by atoms with E-state index in [4.69, 9.17) is 9.47 Å². The Labute approximate surface area is 192 Å². The van der Waals surface area contributed by atoms with Crippen LogP contribution in [-0.2, 0) is 23.9 Å². The van der Waals surface area contributed by atoms with Crippen LogP contribution in [-0.4, -0.2) is 54.6 Å². The van der Waals surface area contributed by atoms with Crippen molar-refractivity contribution in [3.05, 3.63) is 47.2 Å². The summed E-state index contributed by atoms with van der Waals surface area (Å²) in [6, 6.07) is 7.99. The number of rotatable bonds is 7. The number of amides is 3. The molecule has 2 fully saturated rings. The van der Waals surface area contributed by atoms with Gasteiger partial charge in [-0.1, -0.05) is 43.2 Å². The summed E-state index contributed by atoms with van der Waals surface area (Å²) in [5.41, 5.74) is 1.06. The van der Waals surface area contributed by atoms with E-state index in [0.29, 0.717) is 12.1 Å². The number of likely N-dealkylation sites (tertiary alicyclic amines) is 1. The lowest BCUT2D eigenvalue weighted by Crippen LogP contribution is -2.47. The molecule has 3 amide bonds. The molecule has 0 spiro atoms. The molecule has 2 unspecified atom stereocenters. The van der Waals surface area contributed by atoms with Gasteiger partial charge in [-0.2, -0.15) is 0 Å². The first kappa shape index (κ1) is 22.8. The number of benzene rings is 1. The molecule has 33 heavy (non-hydrogen) atoms. The Kier molecular flexibility index (Phi) is 6.96. The normalized spacial score (nSPS) is 23.4. The second kappa shape index (κ2) is 10.1. The quantitative estimate of drug-likeness (QED) is 0.610. The molecule has 1 saturated carbocycles. The van der Waals surface area contributed by atoms with Crippen LogP contribution in [0.2, 0.25) is 0 Å². The number of carbonyl (C=O) groups is 4. The van der Waals surface area contributed by atoms with Gasteiger partial charge in [-0.15, -0.1) is 0 Å². The molecule has 3 aliphatic rings. The standard InChI is InChI=1S/C24H29N3O6/c1-2-32-23(30)20-18(25-24(31)26-21(20)15-8-4-3-5-9-15)14-33-22(29)16-12-19(28)27(13-16)17-10-6-7-11-17/h3-5,8-9,16-17,21H,2,6-7,10-14H2,1H3,(H2,25,26,31). The molecule has 2 atom stereocenters. The zero-order valence-corrected chi connectivity index (χ0v) is 18.7. The van der Waals surface area contributed by atoms with Crippen molar-refractivity contribution in [2.24, 2.45) is 5.92 Å². The summed E-state index contributed by atoms with van der Waals surface area (Å²) in [4.78, 5) is 52.1. The molecule has 4 rings (SSSR count). The van der Waals surface area contributed by atoms with Gasteiger partial charge >= 0.3 is 18.0 Å². The Morgan fingerprint density at radius 2 is 1.82 bits per heavy atom. The summed E-state index contributed by atoms with van der Waals surface area (Å²) in [5.74, 6) is -1.68. The lowest BCUT2D eigenvalue weighted by atomic mass is 9.95. The molecule has 0 radical (unpaired) electrons. The van der Waals surface area contributed by atoms with Crippen molar-refractivity contribution in [3.63, 3.8) is 0 Å². The van der Waals surface area contributed by atoms with E-state index in [9.17, 15) is 19.2 Å². The Morgan fingerprint density at radius 1 is 1.09 bits per heavy atom. The Hall–Kier alpha value is -3.36. The maximum Gasteiger partial charge on any atom is 0.338 e. The molecule has 2 aliphatic heterocycles. The maximum absolute atomic E-state index is 12.8. The molecular weight excluding hydrogens is 426 g/mol. The largest absolute Gasteiger partial charge is 0.463 e. The molecule has 1 aromatic rings. The molecule has 176 valence electrons. The molecule has 9 heteroatoms. The molecule has 0 bridgehead atoms. The highest BCUT2D eigenvalue weighted by atomic mass is 16.5. The van der Waals surface area contributed by atoms with Crippen LogP contribution in [0.4, 0.5) is 4.79 Å². The Balaban J connectivity index is 1.50. The van der Waals surface area contributed by atoms with Gasteiger partial charge in [0.05, 0.1) is 29.8 Å². The fraction of sp³-hybridized carbons (Fsp3) is 0.500. The third kappa shape index (κ3) is 5.02. The molecule has 2 N–H and O–H groups in total. The van der Waals surface area contributed by atoms with E-state index in [1.54, 1.807) is 36.1 Å². The molecule has 0 aromatic heterocycles. The molecule has 1 aliphatic carbocycles. The fourth-order valence-electron chi connectivity index (χ4n) is 4.80. The van der Waals surface area contributed by atoms with Gasteiger partial charge in [0.15, 0.2) is 0 Å². The van der Waals surface area contributed by atoms with Gasteiger partial charge in [0, 0.05) is 19.0 Å². The predicted octanol–water partition coefficient (Wildman–Crippen LogP) is 2.19. The zero-order valence-electron chi connectivity index (χ0n) is 18.7. The van der Waals surface area contributed by atoms with Gasteiger partial charge in [-0.25, -0.2) is 9.59 Å². The molecular formula is C24H29N3O6. The predicted molar refractivity (Wildman–Crippen MR) is 118 cm³/mol. The number of hydrogen-bond acceptors (Lipinski definition) is 6. The van der Waals surface area contributed by atoms with E-state index in [1.165, 1.54) is 0 Å². The molecule has 9 nitrogen and oxygen atoms in total. The summed E-state index contributed by atoms with van der Waals surface area (Å²) < 4.78 is 10.7. The minimum Gasteiger partial charge on any atom is -0.463 e. The van der Waals surface area contributed by atoms with Crippen molar-refractivity contribution < 1.29 is 28.7 Å². The third-order valence-corrected chi connectivity index (χ3v) is 6.40. The number of urea groups is 1. The van der Waals surface area contributed by atoms with Crippen LogP contribution in [0.25, 0.3) is 0 Å². The first-order valence-corrected chi connectivity index (χ1v) is 11.5. The average Bonchev–Trinajstić information content (AvgIpc) is 3.47. The van der Waals surface area contributed by atoms with Crippen LogP contribution in [0.5, 0.6) is 0 Å². The van der Waals surface area contributed by atoms with Crippen molar-refractivity contribution in [2.75, 3.05) is 19.8 Å². The van der Waals surface area contributed by atoms with Crippen LogP contribution < -0.4 is 10.6 Å². The van der Waals surface area contributed by atoms with Crippen LogP contribution in [0.15, 0.2) is 41.6 Å². The van der Waals surface area contributed by atoms with Crippen LogP contribution in [0.1, 0.15) is 50.6 Å². The van der Waals surface area contributed by atoms with E-state index < -0.39 is 29.9 Å². The van der Waals surface area contributed by atoms with E-state index in [1.807, 2.05) is 6.07 Å². The van der Waals surface area contributed by atoms with E-state index in [2.05, 4.69) is 10.6 Å². The van der Waals surface area contributed by atoms with Crippen molar-refractivity contribution in [2.45, 2.75) is 51.1 Å². The van der Waals surface area contributed by atoms with Crippen molar-refractivity contribution in [1.29, 1.82) is 0 Å². The van der Waals surface area contributed by atoms with Crippen molar-refractivity contribution in [3.8, 4) is 0 Å². The van der Waals surface area contributed by atoms with Gasteiger partial charge in [0.2, 0.25) is 5.91 Å². The SMILES string of the molecule is CCOC(=O)C1=C(COC(=O)C2CC(=O)N(C3CCCC3)C2)NC(=O)NC1c1ccccc1. The number of nitrogens with zero attached hydrogens (tertiary/aromatic N) is 1. The summed E-state index contributed by atoms with van der Waals surface area (Å²) in [5, 5.41) is 5.33. The van der Waals surface area contributed by atoms with Gasteiger partial charge < -0.3 is 25.0 Å². The number of carbonyl (C=O) groups excluding carboxylic acids is 4. The molecule has 2 heterocycles. The second-order valence-electron chi connectivity index (χ2n) is 8.55. The Morgan fingerprint density at radius 3 is 2.52 bits per heavy atom. The van der Waals surface area contributed by atoms with Crippen LogP contribution in [0, 0.1) is 5.92 Å². The van der Waals surface area contributed by atoms with Crippen molar-refractivity contribution in [1.82, 2.24) is 15.5 Å². The highest BCUT2D eigenvalue weighted by Crippen LogP contribution is 2.31. The molecule has 1 aromatic carbocycles. The topological polar surface area (TPSA) is 114 Å². The highest BCUT2D eigenvalue weighted by Gasteiger charge is 2.40. The summed E-state index contributed by atoms with van der Waals surface area (Å²) in [6.07, 6.45) is 4.28. The van der Waals surface area contributed by atoms with E-state index in [0.717, 1.165) is 25.7 Å². The minimum absolute atomic E-state index is 0.0189. The second-order valence-corrected chi connectivity index (χ2v) is 8.55. The van der Waals surface area contributed by atoms with Gasteiger partial charge in [0.25, 0.3) is 0 Å². The minimum atomic E-state index is -0.737. The lowest BCUT2D eigenvalue weighted by Gasteiger charge is -2.29. The third-order valence-electron chi connectivity index (χ3n) is 6.40. The maximum atomic E-state index is 12.8. The van der Waals surface area contributed by atoms with Gasteiger partial charge in [-0.3, -0.25) is 9.59 Å². The number of esters is 2. The number of nitrogens with one attached hydrogen (secondary N) is 2. The zero-order chi connectivity index (χ0) is 23.4. The number of hydrogen-bond donors (Lipinski definition) is 2. The van der Waals surface area contributed by atoms with E-state index in [-0.39, 0.29) is 42.9 Å². The molecule has 1 saturated heterocycles. The summed E-state index contributed by atoms with van der Waals surface area (Å²) in [7, 11) is 0. The van der Waals surface area contributed by atoms with E-state index >= 15 is 0 Å². The van der Waals surface area contributed by atoms with Crippen LogP contribution >= 0.6 is 0 Å². The number of ether oxygens (including phenoxy) is 2. The smallest absolute Gasteiger partial charge is 0.338 e. The average molecular weight is 456 g/mol. The van der Waals surface area contributed by atoms with Crippen LogP contribution in [0.3, 0.4) is 0 Å². The Bertz CT molecular complexity index is 954. The monoisotopic (exact) mass is 455 g/mol. The first-order valence-electron chi connectivity index (χ1n) is 11.5. The fourth-order valence-corrected chi connectivity index (χ4v) is 4.80.